The first kappa shape index (κ1) is 16.8. The minimum absolute atomic E-state index is 0.0527. The number of methoxy groups -OCH3 is 1. The fourth-order valence-electron chi connectivity index (χ4n) is 5.26. The number of fused-ring (bicyclic) bond motifs is 6. The first-order valence-electron chi connectivity index (χ1n) is 9.55. The fraction of sp³-hybridized carbons (Fsp3) is 0.476. The van der Waals surface area contributed by atoms with Gasteiger partial charge in [0.15, 0.2) is 0 Å². The maximum atomic E-state index is 12.3. The van der Waals surface area contributed by atoms with Crippen LogP contribution in [0.3, 0.4) is 0 Å². The number of ether oxygens (including phenoxy) is 2. The van der Waals surface area contributed by atoms with Crippen LogP contribution in [0.15, 0.2) is 36.1 Å². The van der Waals surface area contributed by atoms with E-state index in [2.05, 4.69) is 28.1 Å². The zero-order chi connectivity index (χ0) is 18.7. The summed E-state index contributed by atoms with van der Waals surface area (Å²) in [4.78, 5) is 18.2. The van der Waals surface area contributed by atoms with Gasteiger partial charge in [0.2, 0.25) is 0 Å². The summed E-state index contributed by atoms with van der Waals surface area (Å²) in [5.41, 5.74) is 3.91. The van der Waals surface area contributed by atoms with Crippen LogP contribution in [0, 0.1) is 11.8 Å². The van der Waals surface area contributed by atoms with Crippen LogP contribution in [-0.4, -0.2) is 53.4 Å². The van der Waals surface area contributed by atoms with Gasteiger partial charge in [0.05, 0.1) is 37.2 Å². The number of hydrogen-bond acceptors (Lipinski definition) is 5. The Hall–Kier alpha value is -2.31. The molecule has 5 rings (SSSR count). The van der Waals surface area contributed by atoms with Crippen molar-refractivity contribution in [2.75, 3.05) is 20.2 Å². The Labute approximate surface area is 157 Å². The summed E-state index contributed by atoms with van der Waals surface area (Å²) in [5, 5.41) is 12.7. The van der Waals surface area contributed by atoms with E-state index >= 15 is 0 Å². The molecule has 0 bridgehead atoms. The maximum absolute atomic E-state index is 12.3. The lowest BCUT2D eigenvalue weighted by Crippen LogP contribution is -2.58. The number of carbonyl (C=O) groups is 1. The van der Waals surface area contributed by atoms with Crippen molar-refractivity contribution in [3.05, 3.63) is 47.4 Å². The molecule has 3 aliphatic heterocycles. The molecule has 0 aliphatic carbocycles. The van der Waals surface area contributed by atoms with Crippen LogP contribution >= 0.6 is 0 Å². The first-order chi connectivity index (χ1) is 13.1. The number of aromatic nitrogens is 1. The van der Waals surface area contributed by atoms with Crippen LogP contribution in [0.4, 0.5) is 0 Å². The van der Waals surface area contributed by atoms with Crippen LogP contribution in [0.25, 0.3) is 10.9 Å². The van der Waals surface area contributed by atoms with E-state index in [1.165, 1.54) is 24.3 Å². The highest BCUT2D eigenvalue weighted by molar-refractivity contribution is 5.89. The molecular formula is C21H24N2O4. The summed E-state index contributed by atoms with van der Waals surface area (Å²) in [6, 6.07) is 8.13. The second-order valence-electron chi connectivity index (χ2n) is 7.84. The Morgan fingerprint density at radius 1 is 1.37 bits per heavy atom. The van der Waals surface area contributed by atoms with Crippen molar-refractivity contribution in [3.63, 3.8) is 0 Å². The Morgan fingerprint density at radius 3 is 3.00 bits per heavy atom. The number of rotatable bonds is 1. The zero-order valence-corrected chi connectivity index (χ0v) is 15.5. The zero-order valence-electron chi connectivity index (χ0n) is 15.5. The minimum atomic E-state index is -0.701. The van der Waals surface area contributed by atoms with Gasteiger partial charge < -0.3 is 19.6 Å². The summed E-state index contributed by atoms with van der Waals surface area (Å²) in [5.74, 6) is -0.654. The Morgan fingerprint density at radius 2 is 2.19 bits per heavy atom. The number of carbonyl (C=O) groups excluding carboxylic acids is 1. The SMILES string of the molecule is COC(=O)C1=CO[C@H](C)[C@@H]2CN3CCc4c([nH]c5ccccc45)[C@@H]3[C@@H](O)[C@H]12. The molecule has 1 aromatic carbocycles. The molecule has 2 N–H and O–H groups in total. The molecule has 2 aromatic rings. The molecular weight excluding hydrogens is 344 g/mol. The number of H-pyrrole nitrogens is 1. The predicted octanol–water partition coefficient (Wildman–Crippen LogP) is 2.15. The summed E-state index contributed by atoms with van der Waals surface area (Å²) >= 11 is 0. The number of aliphatic hydroxyl groups excluding tert-OH is 1. The van der Waals surface area contributed by atoms with Crippen molar-refractivity contribution in [3.8, 4) is 0 Å². The monoisotopic (exact) mass is 368 g/mol. The molecule has 1 fully saturated rings. The summed E-state index contributed by atoms with van der Waals surface area (Å²) in [7, 11) is 1.37. The van der Waals surface area contributed by atoms with Crippen molar-refractivity contribution in [1.29, 1.82) is 0 Å². The summed E-state index contributed by atoms with van der Waals surface area (Å²) < 4.78 is 10.7. The highest BCUT2D eigenvalue weighted by atomic mass is 16.5. The van der Waals surface area contributed by atoms with Gasteiger partial charge in [-0.05, 0) is 25.0 Å². The van der Waals surface area contributed by atoms with E-state index in [1.807, 2.05) is 13.0 Å². The third kappa shape index (κ3) is 2.36. The smallest absolute Gasteiger partial charge is 0.337 e. The quantitative estimate of drug-likeness (QED) is 0.755. The molecule has 6 nitrogen and oxygen atoms in total. The number of piperidine rings is 1. The van der Waals surface area contributed by atoms with Crippen molar-refractivity contribution < 1.29 is 19.4 Å². The predicted molar refractivity (Wildman–Crippen MR) is 99.9 cm³/mol. The topological polar surface area (TPSA) is 74.8 Å². The van der Waals surface area contributed by atoms with Gasteiger partial charge in [-0.1, -0.05) is 18.2 Å². The van der Waals surface area contributed by atoms with Crippen molar-refractivity contribution in [2.45, 2.75) is 31.6 Å². The summed E-state index contributed by atoms with van der Waals surface area (Å²) in [6.07, 6.45) is 1.69. The molecule has 4 heterocycles. The number of nitrogens with one attached hydrogen (secondary N) is 1. The molecule has 3 aliphatic rings. The van der Waals surface area contributed by atoms with Gasteiger partial charge in [0.1, 0.15) is 0 Å². The van der Waals surface area contributed by atoms with Crippen LogP contribution in [-0.2, 0) is 20.7 Å². The van der Waals surface area contributed by atoms with Crippen LogP contribution in [0.5, 0.6) is 0 Å². The maximum Gasteiger partial charge on any atom is 0.337 e. The second-order valence-corrected chi connectivity index (χ2v) is 7.84. The number of hydrogen-bond donors (Lipinski definition) is 2. The molecule has 0 unspecified atom stereocenters. The number of para-hydroxylation sites is 1. The van der Waals surface area contributed by atoms with E-state index in [0.717, 1.165) is 30.7 Å². The van der Waals surface area contributed by atoms with Crippen molar-refractivity contribution in [2.24, 2.45) is 11.8 Å². The highest BCUT2D eigenvalue weighted by Gasteiger charge is 2.52. The van der Waals surface area contributed by atoms with Gasteiger partial charge in [-0.25, -0.2) is 4.79 Å². The van der Waals surface area contributed by atoms with Crippen LogP contribution in [0.2, 0.25) is 0 Å². The van der Waals surface area contributed by atoms with E-state index in [-0.39, 0.29) is 24.0 Å². The standard InChI is InChI=1S/C21H24N2O4/c1-11-14-9-23-8-7-13-12-5-3-4-6-16(12)22-18(13)19(23)20(24)17(14)15(10-27-11)21(25)26-2/h3-6,10-11,14,17,19-20,22,24H,7-9H2,1-2H3/t11-,14+,17+,19-,20+/m1/s1. The number of nitrogens with zero attached hydrogens (tertiary/aromatic N) is 1. The molecule has 0 saturated carbocycles. The van der Waals surface area contributed by atoms with E-state index in [0.29, 0.717) is 5.57 Å². The Kier molecular flexibility index (Phi) is 3.81. The number of aliphatic hydroxyl groups is 1. The molecule has 0 amide bonds. The number of aromatic amines is 1. The lowest BCUT2D eigenvalue weighted by Gasteiger charge is -2.51. The molecule has 27 heavy (non-hydrogen) atoms. The fourth-order valence-corrected chi connectivity index (χ4v) is 5.26. The number of benzene rings is 1. The lowest BCUT2D eigenvalue weighted by atomic mass is 9.70. The first-order valence-corrected chi connectivity index (χ1v) is 9.55. The molecule has 5 atom stereocenters. The lowest BCUT2D eigenvalue weighted by molar-refractivity contribution is -0.143. The largest absolute Gasteiger partial charge is 0.497 e. The van der Waals surface area contributed by atoms with E-state index in [4.69, 9.17) is 9.47 Å². The minimum Gasteiger partial charge on any atom is -0.497 e. The Bertz CT molecular complexity index is 933. The molecule has 1 aromatic heterocycles. The average Bonchev–Trinajstić information content (AvgIpc) is 3.06. The van der Waals surface area contributed by atoms with Gasteiger partial charge in [0.25, 0.3) is 0 Å². The second kappa shape index (κ2) is 6.11. The highest BCUT2D eigenvalue weighted by Crippen LogP contribution is 2.47. The van der Waals surface area contributed by atoms with Gasteiger partial charge in [-0.15, -0.1) is 0 Å². The van der Waals surface area contributed by atoms with Gasteiger partial charge in [0, 0.05) is 41.5 Å². The van der Waals surface area contributed by atoms with Gasteiger partial charge in [-0.3, -0.25) is 4.90 Å². The molecule has 6 heteroatoms. The van der Waals surface area contributed by atoms with E-state index in [1.54, 1.807) is 0 Å². The molecule has 0 spiro atoms. The average molecular weight is 368 g/mol. The third-order valence-electron chi connectivity index (χ3n) is 6.58. The molecule has 1 saturated heterocycles. The number of esters is 1. The third-order valence-corrected chi connectivity index (χ3v) is 6.58. The van der Waals surface area contributed by atoms with Crippen molar-refractivity contribution >= 4 is 16.9 Å². The molecule has 142 valence electrons. The van der Waals surface area contributed by atoms with Crippen LogP contribution in [0.1, 0.15) is 24.2 Å². The van der Waals surface area contributed by atoms with Gasteiger partial charge >= 0.3 is 5.97 Å². The van der Waals surface area contributed by atoms with Crippen LogP contribution < -0.4 is 0 Å². The molecule has 0 radical (unpaired) electrons. The summed E-state index contributed by atoms with van der Waals surface area (Å²) in [6.45, 7) is 3.69. The van der Waals surface area contributed by atoms with E-state index < -0.39 is 12.1 Å². The van der Waals surface area contributed by atoms with E-state index in [9.17, 15) is 9.90 Å². The van der Waals surface area contributed by atoms with Crippen molar-refractivity contribution in [1.82, 2.24) is 9.88 Å². The Balaban J connectivity index is 1.60. The van der Waals surface area contributed by atoms with Gasteiger partial charge in [-0.2, -0.15) is 0 Å². The normalized spacial score (nSPS) is 32.7.